The zero-order chi connectivity index (χ0) is 17.8. The van der Waals surface area contributed by atoms with Crippen molar-refractivity contribution in [3.63, 3.8) is 0 Å². The van der Waals surface area contributed by atoms with Gasteiger partial charge in [0, 0.05) is 11.6 Å². The lowest BCUT2D eigenvalue weighted by Crippen LogP contribution is -2.27. The molecule has 0 amide bonds. The number of nitrogens with zero attached hydrogens (tertiary/aromatic N) is 3. The number of rotatable bonds is 6. The van der Waals surface area contributed by atoms with E-state index >= 15 is 0 Å². The number of anilines is 1. The van der Waals surface area contributed by atoms with Gasteiger partial charge >= 0.3 is 0 Å². The number of furan rings is 1. The van der Waals surface area contributed by atoms with Crippen LogP contribution in [-0.4, -0.2) is 30.5 Å². The highest BCUT2D eigenvalue weighted by atomic mass is 35.5. The highest BCUT2D eigenvalue weighted by Crippen LogP contribution is 2.29. The van der Waals surface area contributed by atoms with Gasteiger partial charge in [-0.25, -0.2) is 0 Å². The van der Waals surface area contributed by atoms with Gasteiger partial charge in [-0.3, -0.25) is 0 Å². The van der Waals surface area contributed by atoms with E-state index in [0.717, 1.165) is 5.56 Å². The van der Waals surface area contributed by atoms with Crippen LogP contribution in [0.4, 0.5) is 5.88 Å². The number of likely N-dealkylation sites (N-methyl/N-ethyl adjacent to an activating group) is 1. The van der Waals surface area contributed by atoms with Crippen LogP contribution in [0.5, 0.6) is 0 Å². The summed E-state index contributed by atoms with van der Waals surface area (Å²) in [6.45, 7) is 0.498. The van der Waals surface area contributed by atoms with Gasteiger partial charge in [0.05, 0.1) is 12.3 Å². The first kappa shape index (κ1) is 17.1. The number of hydrogen-bond donors (Lipinski definition) is 1. The van der Waals surface area contributed by atoms with E-state index in [4.69, 9.17) is 20.4 Å². The number of benzene rings is 1. The highest BCUT2D eigenvalue weighted by Gasteiger charge is 2.20. The second-order valence-corrected chi connectivity index (χ2v) is 6.07. The Morgan fingerprint density at radius 2 is 2.08 bits per heavy atom. The van der Waals surface area contributed by atoms with Gasteiger partial charge in [-0.2, -0.15) is 10.2 Å². The maximum Gasteiger partial charge on any atom is 0.266 e. The Morgan fingerprint density at radius 3 is 2.72 bits per heavy atom. The summed E-state index contributed by atoms with van der Waals surface area (Å²) in [6, 6.07) is 13.2. The molecule has 0 fully saturated rings. The molecule has 1 aromatic carbocycles. The van der Waals surface area contributed by atoms with Crippen molar-refractivity contribution in [2.45, 2.75) is 6.04 Å². The van der Waals surface area contributed by atoms with E-state index in [1.807, 2.05) is 49.3 Å². The normalized spacial score (nSPS) is 12.1. The van der Waals surface area contributed by atoms with E-state index in [1.54, 1.807) is 12.1 Å². The molecule has 7 heteroatoms. The molecule has 25 heavy (non-hydrogen) atoms. The minimum Gasteiger partial charge on any atom is -0.459 e. The third kappa shape index (κ3) is 3.68. The first-order valence-corrected chi connectivity index (χ1v) is 8.07. The minimum atomic E-state index is -0.00240. The molecule has 2 heterocycles. The Morgan fingerprint density at radius 1 is 1.28 bits per heavy atom. The second kappa shape index (κ2) is 7.43. The lowest BCUT2D eigenvalue weighted by atomic mass is 10.1. The summed E-state index contributed by atoms with van der Waals surface area (Å²) in [5, 5.41) is 13.1. The molecular weight excluding hydrogens is 340 g/mol. The van der Waals surface area contributed by atoms with E-state index in [1.165, 1.54) is 6.26 Å². The second-order valence-electron chi connectivity index (χ2n) is 5.67. The summed E-state index contributed by atoms with van der Waals surface area (Å²) in [5.41, 5.74) is 1.18. The summed E-state index contributed by atoms with van der Waals surface area (Å²) in [4.78, 5) is 6.21. The van der Waals surface area contributed by atoms with Crippen molar-refractivity contribution in [3.05, 3.63) is 58.9 Å². The summed E-state index contributed by atoms with van der Waals surface area (Å²) in [7, 11) is 3.94. The molecule has 1 atom stereocenters. The van der Waals surface area contributed by atoms with Gasteiger partial charge in [0.1, 0.15) is 6.07 Å². The van der Waals surface area contributed by atoms with Crippen LogP contribution < -0.4 is 5.32 Å². The average Bonchev–Trinajstić information content (AvgIpc) is 3.25. The van der Waals surface area contributed by atoms with Crippen LogP contribution in [0.1, 0.15) is 17.3 Å². The van der Waals surface area contributed by atoms with Crippen molar-refractivity contribution in [3.8, 4) is 17.7 Å². The molecule has 0 radical (unpaired) electrons. The zero-order valence-corrected chi connectivity index (χ0v) is 14.6. The fourth-order valence-corrected chi connectivity index (χ4v) is 2.79. The number of aromatic nitrogens is 1. The standard InChI is InChI=1S/C18H17ClN4O2/c1-23(2)15(12-6-3-4-7-13(12)19)11-21-17-14(10-20)22-18(25-17)16-8-5-9-24-16/h3-9,15,21H,11H2,1-2H3/t15-/m1/s1. The Balaban J connectivity index is 1.82. The molecule has 2 aromatic heterocycles. The van der Waals surface area contributed by atoms with E-state index in [2.05, 4.69) is 10.3 Å². The summed E-state index contributed by atoms with van der Waals surface area (Å²) < 4.78 is 10.9. The lowest BCUT2D eigenvalue weighted by molar-refractivity contribution is 0.310. The van der Waals surface area contributed by atoms with Crippen molar-refractivity contribution in [2.75, 3.05) is 26.0 Å². The molecule has 6 nitrogen and oxygen atoms in total. The summed E-state index contributed by atoms with van der Waals surface area (Å²) in [6.07, 6.45) is 1.53. The fraction of sp³-hybridized carbons (Fsp3) is 0.222. The van der Waals surface area contributed by atoms with E-state index in [-0.39, 0.29) is 17.6 Å². The van der Waals surface area contributed by atoms with Gasteiger partial charge in [-0.1, -0.05) is 29.8 Å². The highest BCUT2D eigenvalue weighted by molar-refractivity contribution is 6.31. The molecule has 0 spiro atoms. The third-order valence-corrected chi connectivity index (χ3v) is 4.15. The lowest BCUT2D eigenvalue weighted by Gasteiger charge is -2.25. The van der Waals surface area contributed by atoms with Crippen LogP contribution >= 0.6 is 11.6 Å². The Labute approximate surface area is 150 Å². The molecule has 0 bridgehead atoms. The van der Waals surface area contributed by atoms with Gasteiger partial charge < -0.3 is 19.1 Å². The number of nitriles is 1. The molecule has 0 aliphatic carbocycles. The van der Waals surface area contributed by atoms with Crippen LogP contribution in [0.15, 0.2) is 51.5 Å². The molecule has 3 aromatic rings. The molecule has 0 aliphatic heterocycles. The molecule has 0 unspecified atom stereocenters. The zero-order valence-electron chi connectivity index (χ0n) is 13.9. The van der Waals surface area contributed by atoms with E-state index < -0.39 is 0 Å². The molecule has 0 saturated heterocycles. The number of oxazole rings is 1. The van der Waals surface area contributed by atoms with Gasteiger partial charge in [0.25, 0.3) is 5.89 Å². The number of halogens is 1. The molecule has 0 aliphatic rings. The largest absolute Gasteiger partial charge is 0.459 e. The molecule has 128 valence electrons. The monoisotopic (exact) mass is 356 g/mol. The molecular formula is C18H17ClN4O2. The Kier molecular flexibility index (Phi) is 5.08. The van der Waals surface area contributed by atoms with Crippen LogP contribution in [0.25, 0.3) is 11.7 Å². The number of nitrogens with one attached hydrogen (secondary N) is 1. The van der Waals surface area contributed by atoms with Crippen molar-refractivity contribution in [2.24, 2.45) is 0 Å². The minimum absolute atomic E-state index is 0.00240. The SMILES string of the molecule is CN(C)[C@H](CNc1oc(-c2ccco2)nc1C#N)c1ccccc1Cl. The maximum atomic E-state index is 9.29. The van der Waals surface area contributed by atoms with Crippen molar-refractivity contribution >= 4 is 17.5 Å². The average molecular weight is 357 g/mol. The van der Waals surface area contributed by atoms with Crippen molar-refractivity contribution < 1.29 is 8.83 Å². The molecule has 3 rings (SSSR count). The van der Waals surface area contributed by atoms with Crippen LogP contribution in [0, 0.1) is 11.3 Å². The van der Waals surface area contributed by atoms with Crippen molar-refractivity contribution in [1.82, 2.24) is 9.88 Å². The summed E-state index contributed by atoms with van der Waals surface area (Å²) >= 11 is 6.32. The van der Waals surface area contributed by atoms with Gasteiger partial charge in [0.15, 0.2) is 5.76 Å². The quantitative estimate of drug-likeness (QED) is 0.714. The Hall–Kier alpha value is -2.75. The van der Waals surface area contributed by atoms with Crippen LogP contribution in [0.3, 0.4) is 0 Å². The maximum absolute atomic E-state index is 9.29. The summed E-state index contributed by atoms with van der Waals surface area (Å²) in [5.74, 6) is 1.05. The van der Waals surface area contributed by atoms with E-state index in [0.29, 0.717) is 23.2 Å². The predicted molar refractivity (Wildman–Crippen MR) is 95.3 cm³/mol. The predicted octanol–water partition coefficient (Wildman–Crippen LogP) is 4.17. The third-order valence-electron chi connectivity index (χ3n) is 3.81. The molecule has 0 saturated carbocycles. The van der Waals surface area contributed by atoms with E-state index in [9.17, 15) is 5.26 Å². The topological polar surface area (TPSA) is 78.2 Å². The van der Waals surface area contributed by atoms with Gasteiger partial charge in [-0.05, 0) is 37.9 Å². The van der Waals surface area contributed by atoms with Gasteiger partial charge in [-0.15, -0.1) is 0 Å². The van der Waals surface area contributed by atoms with Crippen LogP contribution in [-0.2, 0) is 0 Å². The first-order valence-electron chi connectivity index (χ1n) is 7.69. The Bertz CT molecular complexity index is 881. The smallest absolute Gasteiger partial charge is 0.266 e. The fourth-order valence-electron chi connectivity index (χ4n) is 2.53. The molecule has 1 N–H and O–H groups in total. The number of hydrogen-bond acceptors (Lipinski definition) is 6. The van der Waals surface area contributed by atoms with Gasteiger partial charge in [0.2, 0.25) is 11.6 Å². The van der Waals surface area contributed by atoms with Crippen molar-refractivity contribution in [1.29, 1.82) is 5.26 Å². The first-order chi connectivity index (χ1) is 12.1. The van der Waals surface area contributed by atoms with Crippen LogP contribution in [0.2, 0.25) is 5.02 Å².